The van der Waals surface area contributed by atoms with E-state index in [0.717, 1.165) is 25.7 Å². The molecule has 1 saturated carbocycles. The number of benzene rings is 1. The Kier molecular flexibility index (Phi) is 4.89. The molecule has 1 fully saturated rings. The van der Waals surface area contributed by atoms with E-state index in [1.165, 1.54) is 18.2 Å². The van der Waals surface area contributed by atoms with Crippen LogP contribution in [0.5, 0.6) is 0 Å². The minimum atomic E-state index is -0.331. The Hall–Kier alpha value is -1.44. The maximum atomic E-state index is 13.6. The molecule has 0 unspecified atom stereocenters. The molecule has 1 aliphatic rings. The monoisotopic (exact) mass is 263 g/mol. The summed E-state index contributed by atoms with van der Waals surface area (Å²) < 4.78 is 19.3. The largest absolute Gasteiger partial charge is 0.396 e. The van der Waals surface area contributed by atoms with Crippen LogP contribution in [0, 0.1) is 23.1 Å². The standard InChI is InChI=1S/C15H18FNO2/c16-15-6-3-12(8-17)7-13(15)10-19-14-4-1-11(9-18)2-5-14/h3,6-7,11,14,18H,1-2,4-5,9-10H2. The molecule has 0 heterocycles. The Balaban J connectivity index is 1.87. The highest BCUT2D eigenvalue weighted by atomic mass is 19.1. The van der Waals surface area contributed by atoms with Gasteiger partial charge >= 0.3 is 0 Å². The molecule has 3 nitrogen and oxygen atoms in total. The van der Waals surface area contributed by atoms with Crippen LogP contribution in [0.25, 0.3) is 0 Å². The summed E-state index contributed by atoms with van der Waals surface area (Å²) in [6.07, 6.45) is 3.87. The van der Waals surface area contributed by atoms with Crippen molar-refractivity contribution in [1.29, 1.82) is 5.26 Å². The Labute approximate surface area is 112 Å². The summed E-state index contributed by atoms with van der Waals surface area (Å²) in [6, 6.07) is 6.30. The third-order valence-corrected chi connectivity index (χ3v) is 3.70. The van der Waals surface area contributed by atoms with E-state index in [2.05, 4.69) is 0 Å². The van der Waals surface area contributed by atoms with E-state index < -0.39 is 0 Å². The summed E-state index contributed by atoms with van der Waals surface area (Å²) in [4.78, 5) is 0. The van der Waals surface area contributed by atoms with Crippen molar-refractivity contribution in [2.75, 3.05) is 6.61 Å². The van der Waals surface area contributed by atoms with Gasteiger partial charge in [0.2, 0.25) is 0 Å². The topological polar surface area (TPSA) is 53.2 Å². The molecule has 1 aromatic rings. The SMILES string of the molecule is N#Cc1ccc(F)c(COC2CCC(CO)CC2)c1. The quantitative estimate of drug-likeness (QED) is 0.908. The van der Waals surface area contributed by atoms with Crippen molar-refractivity contribution >= 4 is 0 Å². The van der Waals surface area contributed by atoms with Gasteiger partial charge in [0.25, 0.3) is 0 Å². The fourth-order valence-electron chi connectivity index (χ4n) is 2.44. The van der Waals surface area contributed by atoms with Crippen LogP contribution in [0.4, 0.5) is 4.39 Å². The van der Waals surface area contributed by atoms with E-state index >= 15 is 0 Å². The van der Waals surface area contributed by atoms with Crippen molar-refractivity contribution in [1.82, 2.24) is 0 Å². The zero-order valence-corrected chi connectivity index (χ0v) is 10.8. The summed E-state index contributed by atoms with van der Waals surface area (Å²) in [7, 11) is 0. The van der Waals surface area contributed by atoms with Crippen LogP contribution >= 0.6 is 0 Å². The summed E-state index contributed by atoms with van der Waals surface area (Å²) in [5.41, 5.74) is 0.882. The van der Waals surface area contributed by atoms with Gasteiger partial charge in [-0.25, -0.2) is 4.39 Å². The molecule has 0 spiro atoms. The number of aliphatic hydroxyl groups excluding tert-OH is 1. The van der Waals surface area contributed by atoms with E-state index in [1.54, 1.807) is 0 Å². The zero-order valence-electron chi connectivity index (χ0n) is 10.8. The molecular formula is C15H18FNO2. The number of halogens is 1. The van der Waals surface area contributed by atoms with Gasteiger partial charge < -0.3 is 9.84 Å². The highest BCUT2D eigenvalue weighted by molar-refractivity contribution is 5.33. The molecular weight excluding hydrogens is 245 g/mol. The Morgan fingerprint density at radius 1 is 1.32 bits per heavy atom. The van der Waals surface area contributed by atoms with Crippen molar-refractivity contribution in [3.05, 3.63) is 35.1 Å². The van der Waals surface area contributed by atoms with Gasteiger partial charge in [0.05, 0.1) is 24.3 Å². The molecule has 0 amide bonds. The molecule has 0 radical (unpaired) electrons. The van der Waals surface area contributed by atoms with Gasteiger partial charge in [-0.3, -0.25) is 0 Å². The lowest BCUT2D eigenvalue weighted by atomic mass is 9.88. The predicted molar refractivity (Wildman–Crippen MR) is 68.7 cm³/mol. The summed E-state index contributed by atoms with van der Waals surface area (Å²) in [5, 5.41) is 17.8. The van der Waals surface area contributed by atoms with Crippen LogP contribution in [0.1, 0.15) is 36.8 Å². The molecule has 0 aromatic heterocycles. The summed E-state index contributed by atoms with van der Waals surface area (Å²) in [5.74, 6) is 0.0570. The van der Waals surface area contributed by atoms with Gasteiger partial charge in [0.1, 0.15) is 5.82 Å². The second-order valence-corrected chi connectivity index (χ2v) is 5.05. The van der Waals surface area contributed by atoms with Gasteiger partial charge in [-0.05, 0) is 49.8 Å². The molecule has 4 heteroatoms. The molecule has 0 aliphatic heterocycles. The fourth-order valence-corrected chi connectivity index (χ4v) is 2.44. The van der Waals surface area contributed by atoms with Crippen LogP contribution in [0.3, 0.4) is 0 Å². The maximum absolute atomic E-state index is 13.6. The van der Waals surface area contributed by atoms with Gasteiger partial charge in [0, 0.05) is 12.2 Å². The maximum Gasteiger partial charge on any atom is 0.128 e. The highest BCUT2D eigenvalue weighted by Gasteiger charge is 2.21. The van der Waals surface area contributed by atoms with E-state index in [4.69, 9.17) is 15.1 Å². The van der Waals surface area contributed by atoms with Crippen LogP contribution < -0.4 is 0 Å². The molecule has 2 rings (SSSR count). The lowest BCUT2D eigenvalue weighted by molar-refractivity contribution is 0.000145. The number of ether oxygens (including phenoxy) is 1. The van der Waals surface area contributed by atoms with Crippen molar-refractivity contribution in [3.63, 3.8) is 0 Å². The first-order chi connectivity index (χ1) is 9.22. The smallest absolute Gasteiger partial charge is 0.128 e. The average molecular weight is 263 g/mol. The first-order valence-electron chi connectivity index (χ1n) is 6.64. The van der Waals surface area contributed by atoms with Crippen LogP contribution in [0.15, 0.2) is 18.2 Å². The van der Waals surface area contributed by atoms with E-state index in [-0.39, 0.29) is 25.1 Å². The Bertz CT molecular complexity index is 462. The molecule has 0 bridgehead atoms. The van der Waals surface area contributed by atoms with Crippen LogP contribution in [0.2, 0.25) is 0 Å². The number of rotatable bonds is 4. The van der Waals surface area contributed by atoms with E-state index in [0.29, 0.717) is 17.0 Å². The van der Waals surface area contributed by atoms with Crippen molar-refractivity contribution in [2.24, 2.45) is 5.92 Å². The predicted octanol–water partition coefficient (Wildman–Crippen LogP) is 2.77. The Morgan fingerprint density at radius 3 is 2.68 bits per heavy atom. The number of nitrogens with zero attached hydrogens (tertiary/aromatic N) is 1. The number of hydrogen-bond donors (Lipinski definition) is 1. The lowest BCUT2D eigenvalue weighted by Crippen LogP contribution is -2.23. The molecule has 102 valence electrons. The number of nitriles is 1. The van der Waals surface area contributed by atoms with Crippen LogP contribution in [-0.2, 0) is 11.3 Å². The first kappa shape index (κ1) is 14.0. The van der Waals surface area contributed by atoms with Crippen LogP contribution in [-0.4, -0.2) is 17.8 Å². The third-order valence-electron chi connectivity index (χ3n) is 3.70. The van der Waals surface area contributed by atoms with E-state index in [1.807, 2.05) is 6.07 Å². The van der Waals surface area contributed by atoms with Crippen molar-refractivity contribution in [2.45, 2.75) is 38.4 Å². The number of aliphatic hydroxyl groups is 1. The summed E-state index contributed by atoms with van der Waals surface area (Å²) in [6.45, 7) is 0.446. The zero-order chi connectivity index (χ0) is 13.7. The average Bonchev–Trinajstić information content (AvgIpc) is 2.47. The molecule has 0 saturated heterocycles. The normalized spacial score (nSPS) is 23.0. The van der Waals surface area contributed by atoms with Gasteiger partial charge in [0.15, 0.2) is 0 Å². The van der Waals surface area contributed by atoms with E-state index in [9.17, 15) is 4.39 Å². The molecule has 0 atom stereocenters. The Morgan fingerprint density at radius 2 is 2.05 bits per heavy atom. The number of hydrogen-bond acceptors (Lipinski definition) is 3. The lowest BCUT2D eigenvalue weighted by Gasteiger charge is -2.27. The molecule has 1 N–H and O–H groups in total. The van der Waals surface area contributed by atoms with Crippen molar-refractivity contribution in [3.8, 4) is 6.07 Å². The molecule has 19 heavy (non-hydrogen) atoms. The van der Waals surface area contributed by atoms with Gasteiger partial charge in [-0.1, -0.05) is 0 Å². The second-order valence-electron chi connectivity index (χ2n) is 5.05. The second kappa shape index (κ2) is 6.65. The summed E-state index contributed by atoms with van der Waals surface area (Å²) >= 11 is 0. The van der Waals surface area contributed by atoms with Gasteiger partial charge in [-0.15, -0.1) is 0 Å². The molecule has 1 aliphatic carbocycles. The first-order valence-corrected chi connectivity index (χ1v) is 6.64. The third kappa shape index (κ3) is 3.76. The molecule has 1 aromatic carbocycles. The minimum Gasteiger partial charge on any atom is -0.396 e. The minimum absolute atomic E-state index is 0.132. The fraction of sp³-hybridized carbons (Fsp3) is 0.533. The van der Waals surface area contributed by atoms with Gasteiger partial charge in [-0.2, -0.15) is 5.26 Å². The van der Waals surface area contributed by atoms with Crippen molar-refractivity contribution < 1.29 is 14.2 Å². The highest BCUT2D eigenvalue weighted by Crippen LogP contribution is 2.26.